The zero-order chi connectivity index (χ0) is 21.7. The number of aryl methyl sites for hydroxylation is 1. The molecule has 1 saturated carbocycles. The highest BCUT2D eigenvalue weighted by Crippen LogP contribution is 2.28. The maximum absolute atomic E-state index is 12.8. The summed E-state index contributed by atoms with van der Waals surface area (Å²) in [7, 11) is -3.83. The van der Waals surface area contributed by atoms with E-state index >= 15 is 0 Å². The molecule has 0 radical (unpaired) electrons. The van der Waals surface area contributed by atoms with Gasteiger partial charge in [0.05, 0.1) is 6.54 Å². The molecule has 166 valence electrons. The van der Waals surface area contributed by atoms with E-state index in [0.29, 0.717) is 12.3 Å². The van der Waals surface area contributed by atoms with Crippen molar-refractivity contribution in [1.29, 1.82) is 0 Å². The van der Waals surface area contributed by atoms with Crippen LogP contribution < -0.4 is 5.32 Å². The molecular weight excluding hydrogens is 406 g/mol. The predicted octanol–water partition coefficient (Wildman–Crippen LogP) is 1.62. The highest BCUT2D eigenvalue weighted by molar-refractivity contribution is 7.89. The van der Waals surface area contributed by atoms with Crippen LogP contribution in [0, 0.1) is 12.8 Å². The van der Waals surface area contributed by atoms with Crippen molar-refractivity contribution in [3.05, 3.63) is 23.8 Å². The number of amides is 2. The normalized spacial score (nSPS) is 18.9. The Morgan fingerprint density at radius 1 is 1.10 bits per heavy atom. The molecule has 0 bridgehead atoms. The Morgan fingerprint density at radius 2 is 1.77 bits per heavy atom. The molecule has 1 heterocycles. The number of carbonyl (C=O) groups excluding carboxylic acids is 2. The van der Waals surface area contributed by atoms with Crippen molar-refractivity contribution in [2.45, 2.75) is 50.3 Å². The van der Waals surface area contributed by atoms with Gasteiger partial charge in [-0.3, -0.25) is 9.59 Å². The lowest BCUT2D eigenvalue weighted by atomic mass is 9.87. The fourth-order valence-electron chi connectivity index (χ4n) is 4.16. The molecular formula is C21H31N3O5S. The Hall–Kier alpha value is -2.13. The van der Waals surface area contributed by atoms with E-state index in [4.69, 9.17) is 0 Å². The Bertz CT molecular complexity index is 873. The van der Waals surface area contributed by atoms with Crippen LogP contribution in [0.4, 0.5) is 0 Å². The molecule has 8 nitrogen and oxygen atoms in total. The lowest BCUT2D eigenvalue weighted by Crippen LogP contribution is -2.52. The second kappa shape index (κ2) is 9.78. The number of carbonyl (C=O) groups is 2. The van der Waals surface area contributed by atoms with Crippen LogP contribution in [0.25, 0.3) is 0 Å². The Balaban J connectivity index is 1.48. The molecule has 0 atom stereocenters. The summed E-state index contributed by atoms with van der Waals surface area (Å²) in [5, 5.41) is 12.7. The third-order valence-corrected chi connectivity index (χ3v) is 7.89. The summed E-state index contributed by atoms with van der Waals surface area (Å²) in [6.07, 6.45) is 6.21. The lowest BCUT2D eigenvalue weighted by Gasteiger charge is -2.34. The van der Waals surface area contributed by atoms with Crippen molar-refractivity contribution < 1.29 is 23.1 Å². The molecule has 1 aromatic carbocycles. The first kappa shape index (κ1) is 22.6. The summed E-state index contributed by atoms with van der Waals surface area (Å²) < 4.78 is 27.0. The number of benzene rings is 1. The third kappa shape index (κ3) is 5.51. The minimum Gasteiger partial charge on any atom is -0.507 e. The number of nitrogens with one attached hydrogen (secondary N) is 1. The van der Waals surface area contributed by atoms with Gasteiger partial charge in [0, 0.05) is 32.6 Å². The van der Waals surface area contributed by atoms with Crippen LogP contribution in [-0.2, 0) is 19.6 Å². The van der Waals surface area contributed by atoms with Gasteiger partial charge < -0.3 is 15.3 Å². The maximum Gasteiger partial charge on any atom is 0.246 e. The summed E-state index contributed by atoms with van der Waals surface area (Å²) in [5.41, 5.74) is 0.740. The van der Waals surface area contributed by atoms with Gasteiger partial charge in [-0.25, -0.2) is 8.42 Å². The number of phenols is 1. The first-order chi connectivity index (χ1) is 14.3. The summed E-state index contributed by atoms with van der Waals surface area (Å²) in [4.78, 5) is 26.0. The number of aromatic hydroxyl groups is 1. The van der Waals surface area contributed by atoms with E-state index in [2.05, 4.69) is 5.32 Å². The van der Waals surface area contributed by atoms with E-state index in [1.54, 1.807) is 17.9 Å². The molecule has 1 aromatic rings. The van der Waals surface area contributed by atoms with Gasteiger partial charge in [-0.1, -0.05) is 25.3 Å². The van der Waals surface area contributed by atoms with Crippen LogP contribution in [-0.4, -0.2) is 67.3 Å². The molecule has 0 aromatic heterocycles. The second-order valence-electron chi connectivity index (χ2n) is 8.24. The highest BCUT2D eigenvalue weighted by atomic mass is 32.2. The average Bonchev–Trinajstić information content (AvgIpc) is 2.74. The van der Waals surface area contributed by atoms with Crippen LogP contribution >= 0.6 is 0 Å². The van der Waals surface area contributed by atoms with E-state index in [9.17, 15) is 23.1 Å². The Labute approximate surface area is 178 Å². The van der Waals surface area contributed by atoms with E-state index in [1.807, 2.05) is 0 Å². The molecule has 2 fully saturated rings. The molecule has 1 aliphatic carbocycles. The number of nitrogens with zero attached hydrogens (tertiary/aromatic N) is 2. The maximum atomic E-state index is 12.8. The van der Waals surface area contributed by atoms with Crippen molar-refractivity contribution in [3.63, 3.8) is 0 Å². The van der Waals surface area contributed by atoms with Gasteiger partial charge in [-0.15, -0.1) is 0 Å². The molecule has 1 aliphatic heterocycles. The van der Waals surface area contributed by atoms with Gasteiger partial charge in [-0.05, 0) is 43.4 Å². The summed E-state index contributed by atoms with van der Waals surface area (Å²) in [5.74, 6) is -0.158. The molecule has 2 N–H and O–H groups in total. The Morgan fingerprint density at radius 3 is 2.43 bits per heavy atom. The van der Waals surface area contributed by atoms with Crippen LogP contribution in [0.3, 0.4) is 0 Å². The molecule has 9 heteroatoms. The quantitative estimate of drug-likeness (QED) is 0.703. The monoisotopic (exact) mass is 437 g/mol. The van der Waals surface area contributed by atoms with Gasteiger partial charge in [0.1, 0.15) is 10.6 Å². The average molecular weight is 438 g/mol. The van der Waals surface area contributed by atoms with Crippen molar-refractivity contribution >= 4 is 21.8 Å². The number of phenolic OH excluding ortho intramolecular Hbond substituents is 1. The summed E-state index contributed by atoms with van der Waals surface area (Å²) >= 11 is 0. The van der Waals surface area contributed by atoms with Gasteiger partial charge in [-0.2, -0.15) is 4.31 Å². The minimum atomic E-state index is -3.83. The lowest BCUT2D eigenvalue weighted by molar-refractivity contribution is -0.134. The van der Waals surface area contributed by atoms with Crippen LogP contribution in [0.5, 0.6) is 5.75 Å². The zero-order valence-corrected chi connectivity index (χ0v) is 18.3. The predicted molar refractivity (Wildman–Crippen MR) is 112 cm³/mol. The first-order valence-corrected chi connectivity index (χ1v) is 12.1. The molecule has 0 spiro atoms. The number of piperazine rings is 1. The molecule has 1 saturated heterocycles. The SMILES string of the molecule is Cc1ccc(O)c(S(=O)(=O)N2CCN(C(=O)CNC(=O)CC3CCCCC3)CC2)c1. The van der Waals surface area contributed by atoms with Crippen molar-refractivity contribution in [2.24, 2.45) is 5.92 Å². The van der Waals surface area contributed by atoms with E-state index < -0.39 is 10.0 Å². The number of sulfonamides is 1. The topological polar surface area (TPSA) is 107 Å². The summed E-state index contributed by atoms with van der Waals surface area (Å²) in [6.45, 7) is 2.51. The van der Waals surface area contributed by atoms with Crippen molar-refractivity contribution in [3.8, 4) is 5.75 Å². The molecule has 3 rings (SSSR count). The number of rotatable bonds is 6. The van der Waals surface area contributed by atoms with E-state index in [-0.39, 0.29) is 55.2 Å². The van der Waals surface area contributed by atoms with Gasteiger partial charge in [0.25, 0.3) is 0 Å². The van der Waals surface area contributed by atoms with Crippen molar-refractivity contribution in [1.82, 2.24) is 14.5 Å². The molecule has 0 unspecified atom stereocenters. The fourth-order valence-corrected chi connectivity index (χ4v) is 5.75. The van der Waals surface area contributed by atoms with Gasteiger partial charge in [0.2, 0.25) is 21.8 Å². The number of hydrogen-bond donors (Lipinski definition) is 2. The standard InChI is InChI=1S/C21H31N3O5S/c1-16-7-8-18(25)19(13-16)30(28,29)24-11-9-23(10-12-24)21(27)15-22-20(26)14-17-5-3-2-4-6-17/h7-8,13,17,25H,2-6,9-12,14-15H2,1H3,(H,22,26). The van der Waals surface area contributed by atoms with Gasteiger partial charge in [0.15, 0.2) is 0 Å². The van der Waals surface area contributed by atoms with Gasteiger partial charge >= 0.3 is 0 Å². The second-order valence-corrected chi connectivity index (χ2v) is 10.1. The minimum absolute atomic E-state index is 0.0586. The molecule has 2 aliphatic rings. The smallest absolute Gasteiger partial charge is 0.246 e. The van der Waals surface area contributed by atoms with E-state index in [0.717, 1.165) is 18.4 Å². The molecule has 2 amide bonds. The van der Waals surface area contributed by atoms with Crippen LogP contribution in [0.2, 0.25) is 0 Å². The number of hydrogen-bond acceptors (Lipinski definition) is 5. The Kier molecular flexibility index (Phi) is 7.36. The zero-order valence-electron chi connectivity index (χ0n) is 17.5. The fraction of sp³-hybridized carbons (Fsp3) is 0.619. The van der Waals surface area contributed by atoms with Crippen molar-refractivity contribution in [2.75, 3.05) is 32.7 Å². The van der Waals surface area contributed by atoms with Crippen LogP contribution in [0.1, 0.15) is 44.1 Å². The largest absolute Gasteiger partial charge is 0.507 e. The first-order valence-electron chi connectivity index (χ1n) is 10.6. The summed E-state index contributed by atoms with van der Waals surface area (Å²) in [6, 6.07) is 4.47. The third-order valence-electron chi connectivity index (χ3n) is 5.96. The highest BCUT2D eigenvalue weighted by Gasteiger charge is 2.32. The van der Waals surface area contributed by atoms with Crippen LogP contribution in [0.15, 0.2) is 23.1 Å². The van der Waals surface area contributed by atoms with E-state index in [1.165, 1.54) is 35.7 Å². The molecule has 30 heavy (non-hydrogen) atoms.